The lowest BCUT2D eigenvalue weighted by atomic mass is 10.2. The van der Waals surface area contributed by atoms with E-state index in [0.29, 0.717) is 6.54 Å². The van der Waals surface area contributed by atoms with Gasteiger partial charge < -0.3 is 10.1 Å². The van der Waals surface area contributed by atoms with Crippen molar-refractivity contribution in [3.05, 3.63) is 35.9 Å². The predicted octanol–water partition coefficient (Wildman–Crippen LogP) is 0.112. The number of hydrogen-bond donors (Lipinski definition) is 2. The molecule has 1 aliphatic rings. The Labute approximate surface area is 121 Å². The van der Waals surface area contributed by atoms with Gasteiger partial charge in [-0.3, -0.25) is 9.59 Å². The third kappa shape index (κ3) is 4.72. The average molecular weight is 289 g/mol. The number of amides is 2. The summed E-state index contributed by atoms with van der Waals surface area (Å²) in [6.45, 7) is -0.00708. The van der Waals surface area contributed by atoms with Crippen molar-refractivity contribution >= 4 is 23.5 Å². The quantitative estimate of drug-likeness (QED) is 0.752. The molecule has 110 valence electrons. The number of carbonyl (C=O) groups is 3. The van der Waals surface area contributed by atoms with Gasteiger partial charge in [-0.1, -0.05) is 30.3 Å². The van der Waals surface area contributed by atoms with E-state index in [0.717, 1.165) is 5.56 Å². The molecule has 0 spiro atoms. The van der Waals surface area contributed by atoms with E-state index >= 15 is 0 Å². The van der Waals surface area contributed by atoms with Crippen molar-refractivity contribution in [2.75, 3.05) is 6.61 Å². The second kappa shape index (κ2) is 7.18. The van der Waals surface area contributed by atoms with E-state index in [1.165, 1.54) is 0 Å². The number of nitrogens with one attached hydrogen (secondary N) is 2. The van der Waals surface area contributed by atoms with E-state index in [1.807, 2.05) is 30.3 Å². The van der Waals surface area contributed by atoms with Crippen molar-refractivity contribution in [2.45, 2.75) is 19.4 Å². The molecular weight excluding hydrogens is 274 g/mol. The molecule has 0 fully saturated rings. The molecule has 2 N–H and O–H groups in total. The number of hydrazone groups is 1. The van der Waals surface area contributed by atoms with Crippen molar-refractivity contribution in [1.82, 2.24) is 10.7 Å². The molecule has 7 nitrogen and oxygen atoms in total. The van der Waals surface area contributed by atoms with Gasteiger partial charge >= 0.3 is 5.97 Å². The zero-order valence-electron chi connectivity index (χ0n) is 11.3. The van der Waals surface area contributed by atoms with Gasteiger partial charge in [-0.15, -0.1) is 0 Å². The summed E-state index contributed by atoms with van der Waals surface area (Å²) in [5.41, 5.74) is 3.27. The van der Waals surface area contributed by atoms with Crippen LogP contribution in [0, 0.1) is 0 Å². The standard InChI is InChI=1S/C14H15N3O4/c18-12-7-6-11(16-17-12)14(20)21-9-13(19)15-8-10-4-2-1-3-5-10/h1-5H,6-9H2,(H,15,19)(H,17,18). The van der Waals surface area contributed by atoms with Crippen LogP contribution in [0.2, 0.25) is 0 Å². The third-order valence-electron chi connectivity index (χ3n) is 2.81. The molecule has 0 aliphatic carbocycles. The molecule has 1 aromatic carbocycles. The van der Waals surface area contributed by atoms with E-state index < -0.39 is 11.9 Å². The van der Waals surface area contributed by atoms with Crippen molar-refractivity contribution < 1.29 is 19.1 Å². The zero-order chi connectivity index (χ0) is 15.1. The number of carbonyl (C=O) groups excluding carboxylic acids is 3. The highest BCUT2D eigenvalue weighted by atomic mass is 16.5. The fourth-order valence-electron chi connectivity index (χ4n) is 1.68. The van der Waals surface area contributed by atoms with E-state index in [1.54, 1.807) is 0 Å². The van der Waals surface area contributed by atoms with Crippen LogP contribution in [0.3, 0.4) is 0 Å². The summed E-state index contributed by atoms with van der Waals surface area (Å²) in [6, 6.07) is 9.39. The van der Waals surface area contributed by atoms with Gasteiger partial charge in [0.15, 0.2) is 6.61 Å². The Bertz CT molecular complexity index is 569. The van der Waals surface area contributed by atoms with Gasteiger partial charge in [-0.05, 0) is 5.56 Å². The lowest BCUT2D eigenvalue weighted by Gasteiger charge is -2.11. The van der Waals surface area contributed by atoms with Gasteiger partial charge in [-0.25, -0.2) is 10.2 Å². The second-order valence-electron chi connectivity index (χ2n) is 4.43. The van der Waals surface area contributed by atoms with Gasteiger partial charge in [-0.2, -0.15) is 5.10 Å². The summed E-state index contributed by atoms with van der Waals surface area (Å²) >= 11 is 0. The topological polar surface area (TPSA) is 96.9 Å². The lowest BCUT2D eigenvalue weighted by Crippen LogP contribution is -2.33. The molecule has 1 aliphatic heterocycles. The molecule has 1 heterocycles. The SMILES string of the molecule is O=C(COC(=O)C1=NNC(=O)CC1)NCc1ccccc1. The van der Waals surface area contributed by atoms with Crippen molar-refractivity contribution in [1.29, 1.82) is 0 Å². The van der Waals surface area contributed by atoms with Crippen LogP contribution in [0.5, 0.6) is 0 Å². The van der Waals surface area contributed by atoms with Crippen LogP contribution in [0.15, 0.2) is 35.4 Å². The number of benzene rings is 1. The number of nitrogens with zero attached hydrogens (tertiary/aromatic N) is 1. The summed E-state index contributed by atoms with van der Waals surface area (Å²) < 4.78 is 4.83. The van der Waals surface area contributed by atoms with Crippen LogP contribution in [0.1, 0.15) is 18.4 Å². The molecule has 0 aromatic heterocycles. The Morgan fingerprint density at radius 2 is 2.00 bits per heavy atom. The Morgan fingerprint density at radius 3 is 2.67 bits per heavy atom. The minimum absolute atomic E-state index is 0.116. The highest BCUT2D eigenvalue weighted by molar-refractivity contribution is 6.37. The summed E-state index contributed by atoms with van der Waals surface area (Å²) in [5.74, 6) is -1.33. The molecule has 0 saturated heterocycles. The second-order valence-corrected chi connectivity index (χ2v) is 4.43. The first-order chi connectivity index (χ1) is 10.1. The molecule has 7 heteroatoms. The molecule has 1 aromatic rings. The van der Waals surface area contributed by atoms with Crippen molar-refractivity contribution in [2.24, 2.45) is 5.10 Å². The molecule has 2 rings (SSSR count). The van der Waals surface area contributed by atoms with E-state index in [2.05, 4.69) is 15.8 Å². The van der Waals surface area contributed by atoms with Gasteiger partial charge in [0.25, 0.3) is 5.91 Å². The predicted molar refractivity (Wildman–Crippen MR) is 74.1 cm³/mol. The number of ether oxygens (including phenoxy) is 1. The van der Waals surface area contributed by atoms with Crippen LogP contribution in [-0.4, -0.2) is 30.1 Å². The fraction of sp³-hybridized carbons (Fsp3) is 0.286. The summed E-state index contributed by atoms with van der Waals surface area (Å²) in [4.78, 5) is 34.0. The maximum absolute atomic E-state index is 11.6. The van der Waals surface area contributed by atoms with E-state index in [9.17, 15) is 14.4 Å². The highest BCUT2D eigenvalue weighted by Crippen LogP contribution is 2.01. The number of rotatable bonds is 5. The van der Waals surface area contributed by atoms with Crippen molar-refractivity contribution in [3.8, 4) is 0 Å². The Morgan fingerprint density at radius 1 is 1.24 bits per heavy atom. The molecule has 0 saturated carbocycles. The maximum Gasteiger partial charge on any atom is 0.355 e. The largest absolute Gasteiger partial charge is 0.451 e. The molecule has 0 radical (unpaired) electrons. The first-order valence-electron chi connectivity index (χ1n) is 6.48. The van der Waals surface area contributed by atoms with Crippen LogP contribution in [0.25, 0.3) is 0 Å². The van der Waals surface area contributed by atoms with Crippen LogP contribution in [0.4, 0.5) is 0 Å². The van der Waals surface area contributed by atoms with Crippen LogP contribution < -0.4 is 10.7 Å². The number of esters is 1. The Balaban J connectivity index is 1.71. The van der Waals surface area contributed by atoms with Gasteiger partial charge in [0, 0.05) is 19.4 Å². The van der Waals surface area contributed by atoms with Gasteiger partial charge in [0.05, 0.1) is 0 Å². The minimum Gasteiger partial charge on any atom is -0.451 e. The van der Waals surface area contributed by atoms with Crippen LogP contribution >= 0.6 is 0 Å². The van der Waals surface area contributed by atoms with Crippen molar-refractivity contribution in [3.63, 3.8) is 0 Å². The maximum atomic E-state index is 11.6. The molecular formula is C14H15N3O4. The van der Waals surface area contributed by atoms with Gasteiger partial charge in [0.1, 0.15) is 5.71 Å². The molecule has 21 heavy (non-hydrogen) atoms. The lowest BCUT2D eigenvalue weighted by molar-refractivity contribution is -0.142. The third-order valence-corrected chi connectivity index (χ3v) is 2.81. The summed E-state index contributed by atoms with van der Waals surface area (Å²) in [6.07, 6.45) is 0.407. The molecule has 0 atom stereocenters. The smallest absolute Gasteiger partial charge is 0.355 e. The normalized spacial score (nSPS) is 13.9. The average Bonchev–Trinajstić information content (AvgIpc) is 2.52. The summed E-state index contributed by atoms with van der Waals surface area (Å²) in [7, 11) is 0. The fourth-order valence-corrected chi connectivity index (χ4v) is 1.68. The first-order valence-corrected chi connectivity index (χ1v) is 6.48. The molecule has 0 unspecified atom stereocenters. The summed E-state index contributed by atoms with van der Waals surface area (Å²) in [5, 5.41) is 6.23. The van der Waals surface area contributed by atoms with Crippen LogP contribution in [-0.2, 0) is 25.7 Å². The Hall–Kier alpha value is -2.70. The van der Waals surface area contributed by atoms with E-state index in [-0.39, 0.29) is 31.1 Å². The van der Waals surface area contributed by atoms with E-state index in [4.69, 9.17) is 4.74 Å². The van der Waals surface area contributed by atoms with Gasteiger partial charge in [0.2, 0.25) is 5.91 Å². The first kappa shape index (κ1) is 14.7. The minimum atomic E-state index is -0.690. The highest BCUT2D eigenvalue weighted by Gasteiger charge is 2.20. The molecule has 0 bridgehead atoms. The molecule has 2 amide bonds. The number of hydrogen-bond acceptors (Lipinski definition) is 5. The zero-order valence-corrected chi connectivity index (χ0v) is 11.3. The monoisotopic (exact) mass is 289 g/mol. The Kier molecular flexibility index (Phi) is 5.03.